The summed E-state index contributed by atoms with van der Waals surface area (Å²) in [5.74, 6) is -0.184. The normalized spacial score (nSPS) is 14.7. The van der Waals surface area contributed by atoms with Crippen molar-refractivity contribution in [3.05, 3.63) is 69.2 Å². The van der Waals surface area contributed by atoms with Gasteiger partial charge in [0.05, 0.1) is 16.1 Å². The Labute approximate surface area is 162 Å². The van der Waals surface area contributed by atoms with Gasteiger partial charge in [-0.05, 0) is 48.2 Å². The van der Waals surface area contributed by atoms with Crippen molar-refractivity contribution in [2.24, 2.45) is 0 Å². The largest absolute Gasteiger partial charge is 0.346 e. The SMILES string of the molecule is CC(NC(=O)/C=C/c1cccc(Cl)c1Cl)c1ccc2c(c1)CCC(=O)N2. The number of halogens is 2. The molecule has 2 amide bonds. The molecule has 2 aromatic rings. The van der Waals surface area contributed by atoms with E-state index in [-0.39, 0.29) is 17.9 Å². The smallest absolute Gasteiger partial charge is 0.244 e. The van der Waals surface area contributed by atoms with Gasteiger partial charge in [-0.25, -0.2) is 0 Å². The first-order chi connectivity index (χ1) is 12.4. The van der Waals surface area contributed by atoms with Gasteiger partial charge in [0.25, 0.3) is 0 Å². The van der Waals surface area contributed by atoms with Crippen molar-refractivity contribution in [1.82, 2.24) is 5.32 Å². The van der Waals surface area contributed by atoms with Crippen molar-refractivity contribution < 1.29 is 9.59 Å². The zero-order chi connectivity index (χ0) is 18.7. The fourth-order valence-electron chi connectivity index (χ4n) is 2.83. The molecule has 4 nitrogen and oxygen atoms in total. The second kappa shape index (κ2) is 7.94. The Hall–Kier alpha value is -2.30. The summed E-state index contributed by atoms with van der Waals surface area (Å²) in [5, 5.41) is 6.65. The Bertz CT molecular complexity index is 893. The molecule has 0 aliphatic carbocycles. The molecule has 3 rings (SSSR count). The van der Waals surface area contributed by atoms with E-state index in [0.717, 1.165) is 16.8 Å². The molecule has 6 heteroatoms. The highest BCUT2D eigenvalue weighted by Gasteiger charge is 2.16. The monoisotopic (exact) mass is 388 g/mol. The highest BCUT2D eigenvalue weighted by Crippen LogP contribution is 2.27. The molecule has 0 bridgehead atoms. The molecule has 1 atom stereocenters. The van der Waals surface area contributed by atoms with Gasteiger partial charge >= 0.3 is 0 Å². The van der Waals surface area contributed by atoms with Crippen molar-refractivity contribution >= 4 is 46.8 Å². The Morgan fingerprint density at radius 2 is 2.04 bits per heavy atom. The van der Waals surface area contributed by atoms with Crippen LogP contribution < -0.4 is 10.6 Å². The van der Waals surface area contributed by atoms with Gasteiger partial charge in [0.1, 0.15) is 0 Å². The zero-order valence-electron chi connectivity index (χ0n) is 14.2. The van der Waals surface area contributed by atoms with Crippen LogP contribution in [0, 0.1) is 0 Å². The molecule has 1 aliphatic rings. The van der Waals surface area contributed by atoms with Crippen molar-refractivity contribution in [1.29, 1.82) is 0 Å². The predicted molar refractivity (Wildman–Crippen MR) is 105 cm³/mol. The average Bonchev–Trinajstić information content (AvgIpc) is 2.62. The standard InChI is InChI=1S/C20H18Cl2N2O2/c1-12(14-5-8-17-15(11-14)7-10-19(26)24-17)23-18(25)9-6-13-3-2-4-16(21)20(13)22/h2-6,8-9,11-12H,7,10H2,1H3,(H,23,25)(H,24,26)/b9-6+. The first-order valence-corrected chi connectivity index (χ1v) is 9.05. The van der Waals surface area contributed by atoms with E-state index in [9.17, 15) is 9.59 Å². The maximum atomic E-state index is 12.2. The van der Waals surface area contributed by atoms with Crippen LogP contribution in [-0.4, -0.2) is 11.8 Å². The molecule has 0 fully saturated rings. The van der Waals surface area contributed by atoms with Gasteiger partial charge in [-0.2, -0.15) is 0 Å². The van der Waals surface area contributed by atoms with Crippen LogP contribution in [0.1, 0.15) is 36.1 Å². The van der Waals surface area contributed by atoms with Crippen LogP contribution in [0.4, 0.5) is 5.69 Å². The molecule has 0 saturated heterocycles. The number of fused-ring (bicyclic) bond motifs is 1. The van der Waals surface area contributed by atoms with Crippen LogP contribution in [0.25, 0.3) is 6.08 Å². The lowest BCUT2D eigenvalue weighted by Gasteiger charge is -2.20. The van der Waals surface area contributed by atoms with Crippen molar-refractivity contribution in [2.45, 2.75) is 25.8 Å². The number of rotatable bonds is 4. The lowest BCUT2D eigenvalue weighted by Crippen LogP contribution is -2.25. The number of amides is 2. The summed E-state index contributed by atoms with van der Waals surface area (Å²) in [6, 6.07) is 10.9. The van der Waals surface area contributed by atoms with E-state index in [1.807, 2.05) is 25.1 Å². The quantitative estimate of drug-likeness (QED) is 0.741. The van der Waals surface area contributed by atoms with E-state index in [0.29, 0.717) is 28.5 Å². The van der Waals surface area contributed by atoms with Crippen molar-refractivity contribution in [2.75, 3.05) is 5.32 Å². The number of hydrogen-bond acceptors (Lipinski definition) is 2. The van der Waals surface area contributed by atoms with Gasteiger partial charge < -0.3 is 10.6 Å². The van der Waals surface area contributed by atoms with Crippen LogP contribution in [0.5, 0.6) is 0 Å². The molecule has 1 heterocycles. The number of carbonyl (C=O) groups excluding carboxylic acids is 2. The zero-order valence-corrected chi connectivity index (χ0v) is 15.7. The Kier molecular flexibility index (Phi) is 5.64. The molecule has 26 heavy (non-hydrogen) atoms. The molecule has 1 unspecified atom stereocenters. The summed E-state index contributed by atoms with van der Waals surface area (Å²) < 4.78 is 0. The number of nitrogens with one attached hydrogen (secondary N) is 2. The third kappa shape index (κ3) is 4.26. The number of hydrogen-bond donors (Lipinski definition) is 2. The molecule has 1 aliphatic heterocycles. The van der Waals surface area contributed by atoms with Crippen molar-refractivity contribution in [3.63, 3.8) is 0 Å². The summed E-state index contributed by atoms with van der Waals surface area (Å²) in [6.45, 7) is 1.92. The van der Waals surface area contributed by atoms with Gasteiger partial charge in [0, 0.05) is 18.2 Å². The molecule has 2 aromatic carbocycles. The minimum atomic E-state index is -0.223. The molecule has 0 saturated carbocycles. The van der Waals surface area contributed by atoms with Crippen LogP contribution in [-0.2, 0) is 16.0 Å². The second-order valence-corrected chi connectivity index (χ2v) is 6.96. The van der Waals surface area contributed by atoms with Crippen molar-refractivity contribution in [3.8, 4) is 0 Å². The van der Waals surface area contributed by atoms with Crippen LogP contribution >= 0.6 is 23.2 Å². The molecule has 0 radical (unpaired) electrons. The van der Waals surface area contributed by atoms with E-state index < -0.39 is 0 Å². The topological polar surface area (TPSA) is 58.2 Å². The molecular weight excluding hydrogens is 371 g/mol. The first-order valence-electron chi connectivity index (χ1n) is 8.29. The third-order valence-electron chi connectivity index (χ3n) is 4.28. The lowest BCUT2D eigenvalue weighted by atomic mass is 9.98. The van der Waals surface area contributed by atoms with Crippen LogP contribution in [0.15, 0.2) is 42.5 Å². The van der Waals surface area contributed by atoms with Gasteiger partial charge in [0.15, 0.2) is 0 Å². The third-order valence-corrected chi connectivity index (χ3v) is 5.11. The van der Waals surface area contributed by atoms with Gasteiger partial charge in [-0.3, -0.25) is 9.59 Å². The van der Waals surface area contributed by atoms with Gasteiger partial charge in [-0.15, -0.1) is 0 Å². The second-order valence-electron chi connectivity index (χ2n) is 6.17. The number of anilines is 1. The number of carbonyl (C=O) groups is 2. The Balaban J connectivity index is 1.67. The predicted octanol–water partition coefficient (Wildman–Crippen LogP) is 4.77. The summed E-state index contributed by atoms with van der Waals surface area (Å²) in [7, 11) is 0. The summed E-state index contributed by atoms with van der Waals surface area (Å²) >= 11 is 12.1. The highest BCUT2D eigenvalue weighted by molar-refractivity contribution is 6.42. The van der Waals surface area contributed by atoms with E-state index in [2.05, 4.69) is 10.6 Å². The molecule has 134 valence electrons. The van der Waals surface area contributed by atoms with Crippen LogP contribution in [0.2, 0.25) is 10.0 Å². The van der Waals surface area contributed by atoms with E-state index in [1.165, 1.54) is 6.08 Å². The minimum absolute atomic E-state index is 0.0383. The van der Waals surface area contributed by atoms with Crippen LogP contribution in [0.3, 0.4) is 0 Å². The summed E-state index contributed by atoms with van der Waals surface area (Å²) in [6.07, 6.45) is 4.27. The average molecular weight is 389 g/mol. The Morgan fingerprint density at radius 3 is 2.85 bits per heavy atom. The number of aryl methyl sites for hydroxylation is 1. The minimum Gasteiger partial charge on any atom is -0.346 e. The molecular formula is C20H18Cl2N2O2. The summed E-state index contributed by atoms with van der Waals surface area (Å²) in [4.78, 5) is 23.6. The van der Waals surface area contributed by atoms with E-state index >= 15 is 0 Å². The van der Waals surface area contributed by atoms with E-state index in [1.54, 1.807) is 24.3 Å². The molecule has 2 N–H and O–H groups in total. The van der Waals surface area contributed by atoms with Gasteiger partial charge in [0.2, 0.25) is 11.8 Å². The van der Waals surface area contributed by atoms with E-state index in [4.69, 9.17) is 23.2 Å². The summed E-state index contributed by atoms with van der Waals surface area (Å²) in [5.41, 5.74) is 3.61. The first kappa shape index (κ1) is 18.5. The maximum absolute atomic E-state index is 12.2. The molecule has 0 spiro atoms. The fourth-order valence-corrected chi connectivity index (χ4v) is 3.20. The van der Waals surface area contributed by atoms with Gasteiger partial charge in [-0.1, -0.05) is 47.5 Å². The molecule has 0 aromatic heterocycles. The lowest BCUT2D eigenvalue weighted by molar-refractivity contribution is -0.117. The Morgan fingerprint density at radius 1 is 1.23 bits per heavy atom. The highest BCUT2D eigenvalue weighted by atomic mass is 35.5. The number of benzene rings is 2. The fraction of sp³-hybridized carbons (Fsp3) is 0.200. The maximum Gasteiger partial charge on any atom is 0.244 e.